The van der Waals surface area contributed by atoms with E-state index in [0.717, 1.165) is 5.69 Å². The maximum Gasteiger partial charge on any atom is 0.288 e. The van der Waals surface area contributed by atoms with Gasteiger partial charge in [0.1, 0.15) is 6.17 Å². The van der Waals surface area contributed by atoms with Crippen molar-refractivity contribution in [1.29, 1.82) is 0 Å². The van der Waals surface area contributed by atoms with Crippen molar-refractivity contribution < 1.29 is 9.21 Å². The smallest absolute Gasteiger partial charge is 0.288 e. The summed E-state index contributed by atoms with van der Waals surface area (Å²) >= 11 is 26.0. The normalized spacial score (nSPS) is 12.3. The molecule has 10 heteroatoms. The summed E-state index contributed by atoms with van der Waals surface area (Å²) in [4.78, 5) is 12.1. The van der Waals surface area contributed by atoms with Gasteiger partial charge in [0.25, 0.3) is 5.91 Å². The van der Waals surface area contributed by atoms with Crippen LogP contribution in [-0.4, -0.2) is 21.0 Å². The molecule has 0 aliphatic rings. The van der Waals surface area contributed by atoms with Gasteiger partial charge in [-0.15, -0.1) is 0 Å². The molecule has 0 aliphatic heterocycles. The van der Waals surface area contributed by atoms with E-state index >= 15 is 0 Å². The fourth-order valence-electron chi connectivity index (χ4n) is 1.66. The molecule has 0 bridgehead atoms. The SMILES string of the molecule is O=C(N[C@H](NC(=S)Nc1ccccc1)C(Cl)(Cl)Cl)c1ccc(Br)o1. The Hall–Kier alpha value is -0.990. The highest BCUT2D eigenvalue weighted by Crippen LogP contribution is 2.29. The number of para-hydroxylation sites is 1. The van der Waals surface area contributed by atoms with Crippen LogP contribution in [0.1, 0.15) is 10.6 Å². The molecule has 1 amide bonds. The van der Waals surface area contributed by atoms with Crippen molar-refractivity contribution in [2.75, 3.05) is 5.32 Å². The van der Waals surface area contributed by atoms with E-state index in [4.69, 9.17) is 51.4 Å². The van der Waals surface area contributed by atoms with Crippen LogP contribution in [0.4, 0.5) is 5.69 Å². The van der Waals surface area contributed by atoms with Crippen molar-refractivity contribution in [3.8, 4) is 0 Å². The molecular formula is C14H11BrCl3N3O2S. The van der Waals surface area contributed by atoms with Crippen LogP contribution in [0.25, 0.3) is 0 Å². The fourth-order valence-corrected chi connectivity index (χ4v) is 2.53. The lowest BCUT2D eigenvalue weighted by Crippen LogP contribution is -2.56. The quantitative estimate of drug-likeness (QED) is 0.349. The number of hydrogen-bond acceptors (Lipinski definition) is 3. The number of anilines is 1. The van der Waals surface area contributed by atoms with E-state index in [1.807, 2.05) is 30.3 Å². The summed E-state index contributed by atoms with van der Waals surface area (Å²) < 4.78 is 3.72. The Morgan fingerprint density at radius 1 is 1.12 bits per heavy atom. The van der Waals surface area contributed by atoms with Gasteiger partial charge >= 0.3 is 0 Å². The third kappa shape index (κ3) is 5.82. The average molecular weight is 472 g/mol. The Morgan fingerprint density at radius 2 is 1.79 bits per heavy atom. The average Bonchev–Trinajstić information content (AvgIpc) is 2.93. The van der Waals surface area contributed by atoms with Gasteiger partial charge in [-0.2, -0.15) is 0 Å². The Balaban J connectivity index is 2.03. The molecule has 0 radical (unpaired) electrons. The lowest BCUT2D eigenvalue weighted by Gasteiger charge is -2.27. The molecule has 3 N–H and O–H groups in total. The summed E-state index contributed by atoms with van der Waals surface area (Å²) in [6.45, 7) is 0. The molecule has 1 heterocycles. The number of benzene rings is 1. The Kier molecular flexibility index (Phi) is 6.77. The highest BCUT2D eigenvalue weighted by Gasteiger charge is 2.35. The minimum Gasteiger partial charge on any atom is -0.444 e. The van der Waals surface area contributed by atoms with Crippen LogP contribution in [0.5, 0.6) is 0 Å². The maximum atomic E-state index is 12.1. The zero-order chi connectivity index (χ0) is 17.7. The van der Waals surface area contributed by atoms with E-state index in [0.29, 0.717) is 4.67 Å². The van der Waals surface area contributed by atoms with E-state index in [1.54, 1.807) is 6.07 Å². The van der Waals surface area contributed by atoms with Crippen molar-refractivity contribution in [3.05, 3.63) is 52.9 Å². The van der Waals surface area contributed by atoms with Gasteiger partial charge in [-0.25, -0.2) is 0 Å². The molecule has 128 valence electrons. The predicted molar refractivity (Wildman–Crippen MR) is 104 cm³/mol. The van der Waals surface area contributed by atoms with E-state index in [9.17, 15) is 4.79 Å². The predicted octanol–water partition coefficient (Wildman–Crippen LogP) is 4.45. The zero-order valence-electron chi connectivity index (χ0n) is 11.9. The molecule has 0 unspecified atom stereocenters. The van der Waals surface area contributed by atoms with E-state index in [1.165, 1.54) is 6.07 Å². The number of rotatable bonds is 4. The van der Waals surface area contributed by atoms with Gasteiger partial charge in [0.2, 0.25) is 3.79 Å². The number of thiocarbonyl (C=S) groups is 1. The van der Waals surface area contributed by atoms with E-state index in [-0.39, 0.29) is 10.9 Å². The van der Waals surface area contributed by atoms with Gasteiger partial charge in [-0.3, -0.25) is 4.79 Å². The molecule has 24 heavy (non-hydrogen) atoms. The van der Waals surface area contributed by atoms with Crippen molar-refractivity contribution in [3.63, 3.8) is 0 Å². The minimum atomic E-state index is -1.85. The van der Waals surface area contributed by atoms with Crippen molar-refractivity contribution in [2.24, 2.45) is 0 Å². The van der Waals surface area contributed by atoms with Crippen LogP contribution < -0.4 is 16.0 Å². The van der Waals surface area contributed by atoms with Crippen LogP contribution in [-0.2, 0) is 0 Å². The number of halogens is 4. The summed E-state index contributed by atoms with van der Waals surface area (Å²) in [5.41, 5.74) is 0.749. The number of amides is 1. The summed E-state index contributed by atoms with van der Waals surface area (Å²) in [5.74, 6) is -0.503. The number of hydrogen-bond donors (Lipinski definition) is 3. The molecule has 2 rings (SSSR count). The lowest BCUT2D eigenvalue weighted by atomic mass is 10.3. The topological polar surface area (TPSA) is 66.3 Å². The van der Waals surface area contributed by atoms with E-state index < -0.39 is 15.9 Å². The molecular weight excluding hydrogens is 461 g/mol. The lowest BCUT2D eigenvalue weighted by molar-refractivity contribution is 0.0905. The first-order valence-electron chi connectivity index (χ1n) is 6.51. The Morgan fingerprint density at radius 3 is 2.33 bits per heavy atom. The Labute approximate surface area is 167 Å². The van der Waals surface area contributed by atoms with Gasteiger partial charge < -0.3 is 20.4 Å². The molecule has 0 fully saturated rings. The van der Waals surface area contributed by atoms with Gasteiger partial charge in [0, 0.05) is 5.69 Å². The van der Waals surface area contributed by atoms with Crippen LogP contribution in [0, 0.1) is 0 Å². The highest BCUT2D eigenvalue weighted by molar-refractivity contribution is 9.10. The number of carbonyl (C=O) groups is 1. The van der Waals surface area contributed by atoms with Crippen LogP contribution in [0.15, 0.2) is 51.6 Å². The number of alkyl halides is 3. The number of furan rings is 1. The Bertz CT molecular complexity index is 722. The van der Waals surface area contributed by atoms with Crippen LogP contribution in [0.2, 0.25) is 0 Å². The first-order chi connectivity index (χ1) is 11.3. The van der Waals surface area contributed by atoms with Gasteiger partial charge in [0.05, 0.1) is 0 Å². The molecule has 1 aromatic carbocycles. The molecule has 0 saturated carbocycles. The molecule has 0 spiro atoms. The first kappa shape index (κ1) is 19.3. The summed E-state index contributed by atoms with van der Waals surface area (Å²) in [5, 5.41) is 8.37. The third-order valence-electron chi connectivity index (χ3n) is 2.71. The summed E-state index contributed by atoms with van der Waals surface area (Å²) in [6, 6.07) is 12.2. The summed E-state index contributed by atoms with van der Waals surface area (Å²) in [7, 11) is 0. The molecule has 2 aromatic rings. The molecule has 0 aliphatic carbocycles. The monoisotopic (exact) mass is 469 g/mol. The van der Waals surface area contributed by atoms with Crippen molar-refractivity contribution in [1.82, 2.24) is 10.6 Å². The molecule has 1 aromatic heterocycles. The largest absolute Gasteiger partial charge is 0.444 e. The van der Waals surface area contributed by atoms with Gasteiger partial charge in [-0.1, -0.05) is 53.0 Å². The van der Waals surface area contributed by atoms with Crippen LogP contribution >= 0.6 is 63.0 Å². The third-order valence-corrected chi connectivity index (χ3v) is 4.01. The minimum absolute atomic E-state index is 0.0601. The second kappa shape index (κ2) is 8.40. The maximum absolute atomic E-state index is 12.1. The highest BCUT2D eigenvalue weighted by atomic mass is 79.9. The summed E-state index contributed by atoms with van der Waals surface area (Å²) in [6.07, 6.45) is -1.08. The first-order valence-corrected chi connectivity index (χ1v) is 8.84. The number of nitrogens with one attached hydrogen (secondary N) is 3. The van der Waals surface area contributed by atoms with Gasteiger partial charge in [-0.05, 0) is 52.4 Å². The number of carbonyl (C=O) groups excluding carboxylic acids is 1. The second-order valence-electron chi connectivity index (χ2n) is 4.52. The zero-order valence-corrected chi connectivity index (χ0v) is 16.5. The van der Waals surface area contributed by atoms with Crippen LogP contribution in [0.3, 0.4) is 0 Å². The van der Waals surface area contributed by atoms with Crippen molar-refractivity contribution >= 4 is 79.7 Å². The fraction of sp³-hybridized carbons (Fsp3) is 0.143. The molecule has 5 nitrogen and oxygen atoms in total. The standard InChI is InChI=1S/C14H11BrCl3N3O2S/c15-10-7-6-9(23-10)11(22)20-12(14(16,17)18)21-13(24)19-8-4-2-1-3-5-8/h1-7,12H,(H,20,22)(H2,19,21,24)/t12-/m1/s1. The molecule has 0 saturated heterocycles. The van der Waals surface area contributed by atoms with Gasteiger partial charge in [0.15, 0.2) is 15.5 Å². The van der Waals surface area contributed by atoms with Crippen molar-refractivity contribution in [2.45, 2.75) is 9.96 Å². The second-order valence-corrected chi connectivity index (χ2v) is 8.08. The molecule has 1 atom stereocenters. The van der Waals surface area contributed by atoms with E-state index in [2.05, 4.69) is 31.9 Å².